The molecule has 0 radical (unpaired) electrons. The van der Waals surface area contributed by atoms with E-state index in [2.05, 4.69) is 6.58 Å². The maximum atomic E-state index is 13.5. The van der Waals surface area contributed by atoms with Crippen LogP contribution in [0.15, 0.2) is 24.3 Å². The highest BCUT2D eigenvalue weighted by Gasteiger charge is 2.62. The van der Waals surface area contributed by atoms with Crippen molar-refractivity contribution < 1.29 is 53.4 Å². The predicted molar refractivity (Wildman–Crippen MR) is 174 cm³/mol. The lowest BCUT2D eigenvalue weighted by Crippen LogP contribution is -2.59. The van der Waals surface area contributed by atoms with E-state index in [1.54, 1.807) is 81.4 Å². The number of carbonyl (C=O) groups excluding carboxylic acids is 4. The molecule has 0 heterocycles. The molecule has 12 atom stereocenters. The Bertz CT molecular complexity index is 1180. The van der Waals surface area contributed by atoms with Gasteiger partial charge in [0.2, 0.25) is 0 Å². The first-order valence-electron chi connectivity index (χ1n) is 16.9. The second kappa shape index (κ2) is 16.1. The van der Waals surface area contributed by atoms with E-state index in [-0.39, 0.29) is 12.0 Å². The van der Waals surface area contributed by atoms with E-state index in [0.29, 0.717) is 12.8 Å². The van der Waals surface area contributed by atoms with Crippen LogP contribution < -0.4 is 0 Å². The monoisotopic (exact) mass is 666 g/mol. The first kappa shape index (κ1) is 40.4. The van der Waals surface area contributed by atoms with Crippen LogP contribution in [0, 0.1) is 40.9 Å². The van der Waals surface area contributed by atoms with E-state index >= 15 is 0 Å². The molecular formula is C36H58O11. The zero-order valence-corrected chi connectivity index (χ0v) is 30.0. The van der Waals surface area contributed by atoms with Crippen molar-refractivity contribution in [3.63, 3.8) is 0 Å². The van der Waals surface area contributed by atoms with Crippen molar-refractivity contribution in [3.05, 3.63) is 24.3 Å². The summed E-state index contributed by atoms with van der Waals surface area (Å²) < 4.78 is 23.8. The molecule has 1 fully saturated rings. The van der Waals surface area contributed by atoms with Gasteiger partial charge in [0, 0.05) is 23.8 Å². The van der Waals surface area contributed by atoms with Crippen molar-refractivity contribution in [1.82, 2.24) is 0 Å². The Morgan fingerprint density at radius 3 is 1.89 bits per heavy atom. The number of aliphatic hydroxyl groups excluding tert-OH is 2. The van der Waals surface area contributed by atoms with Crippen LogP contribution in [0.1, 0.15) is 95.4 Å². The van der Waals surface area contributed by atoms with Crippen molar-refractivity contribution in [2.75, 3.05) is 0 Å². The molecule has 47 heavy (non-hydrogen) atoms. The third-order valence-electron chi connectivity index (χ3n) is 9.94. The fraction of sp³-hybridized carbons (Fsp3) is 0.778. The lowest BCUT2D eigenvalue weighted by molar-refractivity contribution is -0.198. The van der Waals surface area contributed by atoms with Gasteiger partial charge >= 0.3 is 23.9 Å². The minimum atomic E-state index is -1.96. The molecule has 1 saturated carbocycles. The predicted octanol–water partition coefficient (Wildman–Crippen LogP) is 4.30. The van der Waals surface area contributed by atoms with Crippen LogP contribution in [0.5, 0.6) is 0 Å². The Kier molecular flexibility index (Phi) is 13.8. The SMILES string of the molecule is C=C1[C@H](OC(=O)C(C)C)[C@@H](OC(=O)C(C)CC)[C@@H](O)C(C)(C)/C=C/[C@H](C)[C@H](OC(C)=O)[C@@]2(O)C[C@H](C)[C@H](O)[C@@H]2[C@H]1OC(=O)C(C)CC. The Hall–Kier alpha value is -2.76. The molecule has 0 aliphatic heterocycles. The average Bonchev–Trinajstić information content (AvgIpc) is 3.23. The van der Waals surface area contributed by atoms with E-state index in [1.807, 2.05) is 0 Å². The fourth-order valence-corrected chi connectivity index (χ4v) is 6.31. The smallest absolute Gasteiger partial charge is 0.309 e. The van der Waals surface area contributed by atoms with Crippen LogP contribution in [0.4, 0.5) is 0 Å². The Labute approximate surface area is 280 Å². The quantitative estimate of drug-likeness (QED) is 0.182. The molecule has 0 amide bonds. The number of hydrogen-bond donors (Lipinski definition) is 3. The summed E-state index contributed by atoms with van der Waals surface area (Å²) >= 11 is 0. The van der Waals surface area contributed by atoms with E-state index < -0.39 is 107 Å². The van der Waals surface area contributed by atoms with Gasteiger partial charge in [0.25, 0.3) is 0 Å². The highest BCUT2D eigenvalue weighted by Crippen LogP contribution is 2.50. The van der Waals surface area contributed by atoms with Crippen molar-refractivity contribution in [3.8, 4) is 0 Å². The minimum Gasteiger partial charge on any atom is -0.459 e. The van der Waals surface area contributed by atoms with E-state index in [0.717, 1.165) is 0 Å². The molecule has 268 valence electrons. The highest BCUT2D eigenvalue weighted by atomic mass is 16.6. The Balaban J connectivity index is 3.04. The molecule has 11 nitrogen and oxygen atoms in total. The number of ether oxygens (including phenoxy) is 4. The molecule has 3 N–H and O–H groups in total. The van der Waals surface area contributed by atoms with Gasteiger partial charge < -0.3 is 34.3 Å². The lowest BCUT2D eigenvalue weighted by Gasteiger charge is -2.46. The Morgan fingerprint density at radius 2 is 1.40 bits per heavy atom. The lowest BCUT2D eigenvalue weighted by atomic mass is 9.71. The normalized spacial score (nSPS) is 36.1. The summed E-state index contributed by atoms with van der Waals surface area (Å²) in [7, 11) is 0. The number of carbonyl (C=O) groups is 4. The maximum Gasteiger partial charge on any atom is 0.309 e. The van der Waals surface area contributed by atoms with Gasteiger partial charge in [-0.15, -0.1) is 0 Å². The van der Waals surface area contributed by atoms with Crippen molar-refractivity contribution in [2.45, 2.75) is 138 Å². The van der Waals surface area contributed by atoms with Crippen LogP contribution in [0.25, 0.3) is 0 Å². The van der Waals surface area contributed by atoms with E-state index in [9.17, 15) is 34.5 Å². The van der Waals surface area contributed by atoms with E-state index in [4.69, 9.17) is 18.9 Å². The largest absolute Gasteiger partial charge is 0.459 e. The molecule has 0 aromatic heterocycles. The standard InChI is InChI=1S/C36H58O11/c1-13-19(5)33(41)45-27-23(9)28(46-32(40)18(3)4)29(47-34(42)20(6)14-2)30(39)35(11,12)16-15-21(7)31(44-24(10)37)36(43)17-22(8)26(38)25(27)36/h15-16,18-22,25-31,38-39,43H,9,13-14,17H2,1-8,10-12H3/b16-15+/t19?,20?,21-,22-,25+,26-,27-,28-,29+,30+,31-,36+/m0/s1. The second-order valence-corrected chi connectivity index (χ2v) is 14.7. The molecular weight excluding hydrogens is 608 g/mol. The third kappa shape index (κ3) is 9.03. The van der Waals surface area contributed by atoms with Crippen molar-refractivity contribution in [2.24, 2.45) is 40.9 Å². The number of hydrogen-bond acceptors (Lipinski definition) is 11. The molecule has 2 unspecified atom stereocenters. The van der Waals surface area contributed by atoms with Crippen LogP contribution in [-0.4, -0.2) is 81.4 Å². The minimum absolute atomic E-state index is 0.0332. The summed E-state index contributed by atoms with van der Waals surface area (Å²) in [5.74, 6) is -7.05. The van der Waals surface area contributed by atoms with Crippen LogP contribution in [0.3, 0.4) is 0 Å². The van der Waals surface area contributed by atoms with Crippen LogP contribution >= 0.6 is 0 Å². The second-order valence-electron chi connectivity index (χ2n) is 14.7. The third-order valence-corrected chi connectivity index (χ3v) is 9.94. The highest BCUT2D eigenvalue weighted by molar-refractivity contribution is 5.74. The van der Waals surface area contributed by atoms with E-state index in [1.165, 1.54) is 6.92 Å². The number of aliphatic hydroxyl groups is 3. The van der Waals surface area contributed by atoms with Gasteiger partial charge in [0.15, 0.2) is 12.2 Å². The summed E-state index contributed by atoms with van der Waals surface area (Å²) in [6, 6.07) is 0. The molecule has 0 aromatic rings. The summed E-state index contributed by atoms with van der Waals surface area (Å²) in [5, 5.41) is 36.3. The first-order valence-corrected chi connectivity index (χ1v) is 16.9. The topological polar surface area (TPSA) is 166 Å². The van der Waals surface area contributed by atoms with Gasteiger partial charge in [-0.05, 0) is 25.2 Å². The molecule has 2 aliphatic rings. The number of rotatable bonds is 9. The molecule has 0 aromatic carbocycles. The molecule has 2 aliphatic carbocycles. The first-order chi connectivity index (χ1) is 21.6. The van der Waals surface area contributed by atoms with Crippen molar-refractivity contribution >= 4 is 23.9 Å². The molecule has 0 saturated heterocycles. The number of esters is 4. The summed E-state index contributed by atoms with van der Waals surface area (Å²) in [6.07, 6.45) is -4.48. The van der Waals surface area contributed by atoms with Gasteiger partial charge in [-0.25, -0.2) is 0 Å². The zero-order chi connectivity index (χ0) is 36.2. The molecule has 2 rings (SSSR count). The maximum absolute atomic E-state index is 13.5. The van der Waals surface area contributed by atoms with Gasteiger partial charge in [0.1, 0.15) is 23.9 Å². The average molecular weight is 667 g/mol. The zero-order valence-electron chi connectivity index (χ0n) is 30.0. The molecule has 0 bridgehead atoms. The van der Waals surface area contributed by atoms with Crippen LogP contribution in [-0.2, 0) is 38.1 Å². The van der Waals surface area contributed by atoms with Crippen molar-refractivity contribution in [1.29, 1.82) is 0 Å². The van der Waals surface area contributed by atoms with Gasteiger partial charge in [-0.2, -0.15) is 0 Å². The Morgan fingerprint density at radius 1 is 0.894 bits per heavy atom. The number of fused-ring (bicyclic) bond motifs is 1. The van der Waals surface area contributed by atoms with Gasteiger partial charge in [-0.3, -0.25) is 19.2 Å². The summed E-state index contributed by atoms with van der Waals surface area (Å²) in [6.45, 7) is 22.4. The van der Waals surface area contributed by atoms with Gasteiger partial charge in [-0.1, -0.05) is 88.0 Å². The van der Waals surface area contributed by atoms with Crippen LogP contribution in [0.2, 0.25) is 0 Å². The molecule has 0 spiro atoms. The fourth-order valence-electron chi connectivity index (χ4n) is 6.31. The van der Waals surface area contributed by atoms with Gasteiger partial charge in [0.05, 0.1) is 29.8 Å². The summed E-state index contributed by atoms with van der Waals surface area (Å²) in [4.78, 5) is 52.5. The molecule has 11 heteroatoms. The summed E-state index contributed by atoms with van der Waals surface area (Å²) in [5.41, 5.74) is -3.22.